The summed E-state index contributed by atoms with van der Waals surface area (Å²) in [5, 5.41) is 0.563. The standard InChI is InChI=1S/C15H20Cl2N2O2/c1-21-14-11-12(17)3-4-13(14)15(20)19-7-2-6-18(8-5-16)9-10-19/h3-4,11H,2,5-10H2,1H3. The molecule has 21 heavy (non-hydrogen) atoms. The molecule has 1 saturated heterocycles. The van der Waals surface area contributed by atoms with E-state index in [0.29, 0.717) is 28.8 Å². The van der Waals surface area contributed by atoms with Crippen LogP contribution in [0.4, 0.5) is 0 Å². The average molecular weight is 331 g/mol. The van der Waals surface area contributed by atoms with Gasteiger partial charge in [0.1, 0.15) is 5.75 Å². The second-order valence-corrected chi connectivity index (χ2v) is 5.84. The Morgan fingerprint density at radius 1 is 1.29 bits per heavy atom. The Hall–Kier alpha value is -0.970. The summed E-state index contributed by atoms with van der Waals surface area (Å²) in [6.45, 7) is 4.17. The van der Waals surface area contributed by atoms with Crippen LogP contribution in [0.5, 0.6) is 5.75 Å². The molecule has 6 heteroatoms. The molecule has 0 aromatic heterocycles. The van der Waals surface area contributed by atoms with Gasteiger partial charge >= 0.3 is 0 Å². The van der Waals surface area contributed by atoms with E-state index in [-0.39, 0.29) is 5.91 Å². The number of alkyl halides is 1. The third kappa shape index (κ3) is 4.25. The molecular formula is C15H20Cl2N2O2. The quantitative estimate of drug-likeness (QED) is 0.796. The Labute approximate surface area is 135 Å². The molecular weight excluding hydrogens is 311 g/mol. The van der Waals surface area contributed by atoms with E-state index >= 15 is 0 Å². The van der Waals surface area contributed by atoms with E-state index in [4.69, 9.17) is 27.9 Å². The first-order chi connectivity index (χ1) is 10.2. The first kappa shape index (κ1) is 16.4. The summed E-state index contributed by atoms with van der Waals surface area (Å²) in [6, 6.07) is 5.12. The van der Waals surface area contributed by atoms with Gasteiger partial charge in [-0.3, -0.25) is 4.79 Å². The molecule has 1 fully saturated rings. The molecule has 4 nitrogen and oxygen atoms in total. The molecule has 0 spiro atoms. The number of carbonyl (C=O) groups excluding carboxylic acids is 1. The fraction of sp³-hybridized carbons (Fsp3) is 0.533. The van der Waals surface area contributed by atoms with Crippen LogP contribution in [-0.4, -0.2) is 61.4 Å². The van der Waals surface area contributed by atoms with Crippen molar-refractivity contribution in [2.45, 2.75) is 6.42 Å². The molecule has 0 atom stereocenters. The highest BCUT2D eigenvalue weighted by Gasteiger charge is 2.22. The van der Waals surface area contributed by atoms with Gasteiger partial charge in [-0.25, -0.2) is 0 Å². The SMILES string of the molecule is COc1cc(Cl)ccc1C(=O)N1CCCN(CCCl)CC1. The van der Waals surface area contributed by atoms with Gasteiger partial charge in [0.25, 0.3) is 5.91 Å². The van der Waals surface area contributed by atoms with Gasteiger partial charge in [0.2, 0.25) is 0 Å². The van der Waals surface area contributed by atoms with E-state index < -0.39 is 0 Å². The number of ether oxygens (including phenoxy) is 1. The Morgan fingerprint density at radius 3 is 2.81 bits per heavy atom. The number of halogens is 2. The number of nitrogens with zero attached hydrogens (tertiary/aromatic N) is 2. The lowest BCUT2D eigenvalue weighted by molar-refractivity contribution is 0.0758. The summed E-state index contributed by atoms with van der Waals surface area (Å²) in [5.41, 5.74) is 0.563. The van der Waals surface area contributed by atoms with Gasteiger partial charge < -0.3 is 14.5 Å². The molecule has 1 aromatic carbocycles. The van der Waals surface area contributed by atoms with E-state index in [1.54, 1.807) is 25.3 Å². The van der Waals surface area contributed by atoms with E-state index in [2.05, 4.69) is 4.90 Å². The van der Waals surface area contributed by atoms with Crippen LogP contribution in [0.3, 0.4) is 0 Å². The van der Waals surface area contributed by atoms with Crippen LogP contribution in [0.1, 0.15) is 16.8 Å². The molecule has 1 amide bonds. The third-order valence-electron chi connectivity index (χ3n) is 3.67. The molecule has 0 unspecified atom stereocenters. The topological polar surface area (TPSA) is 32.8 Å². The molecule has 1 heterocycles. The average Bonchev–Trinajstić information content (AvgIpc) is 2.72. The Morgan fingerprint density at radius 2 is 2.10 bits per heavy atom. The van der Waals surface area contributed by atoms with Gasteiger partial charge in [-0.1, -0.05) is 11.6 Å². The lowest BCUT2D eigenvalue weighted by atomic mass is 10.1. The summed E-state index contributed by atoms with van der Waals surface area (Å²) in [4.78, 5) is 16.8. The molecule has 1 aliphatic rings. The van der Waals surface area contributed by atoms with Crippen molar-refractivity contribution in [3.63, 3.8) is 0 Å². The predicted octanol–water partition coefficient (Wildman–Crippen LogP) is 2.74. The lowest BCUT2D eigenvalue weighted by Gasteiger charge is -2.22. The van der Waals surface area contributed by atoms with Crippen molar-refractivity contribution in [1.29, 1.82) is 0 Å². The maximum absolute atomic E-state index is 12.7. The fourth-order valence-electron chi connectivity index (χ4n) is 2.53. The smallest absolute Gasteiger partial charge is 0.257 e. The van der Waals surface area contributed by atoms with E-state index in [1.165, 1.54) is 0 Å². The molecule has 2 rings (SSSR count). The van der Waals surface area contributed by atoms with Crippen LogP contribution < -0.4 is 4.74 Å². The maximum Gasteiger partial charge on any atom is 0.257 e. The Kier molecular flexibility index (Phi) is 6.15. The van der Waals surface area contributed by atoms with Crippen LogP contribution in [-0.2, 0) is 0 Å². The number of carbonyl (C=O) groups is 1. The number of rotatable bonds is 4. The molecule has 1 aliphatic heterocycles. The minimum atomic E-state index is -0.00348. The Balaban J connectivity index is 2.09. The van der Waals surface area contributed by atoms with Crippen molar-refractivity contribution in [1.82, 2.24) is 9.80 Å². The zero-order valence-electron chi connectivity index (χ0n) is 12.1. The molecule has 116 valence electrons. The molecule has 0 N–H and O–H groups in total. The number of hydrogen-bond donors (Lipinski definition) is 0. The minimum absolute atomic E-state index is 0.00348. The van der Waals surface area contributed by atoms with Gasteiger partial charge in [-0.2, -0.15) is 0 Å². The molecule has 0 saturated carbocycles. The summed E-state index contributed by atoms with van der Waals surface area (Å²) in [6.07, 6.45) is 0.957. The highest BCUT2D eigenvalue weighted by molar-refractivity contribution is 6.30. The van der Waals surface area contributed by atoms with Crippen molar-refractivity contribution >= 4 is 29.1 Å². The van der Waals surface area contributed by atoms with Crippen molar-refractivity contribution in [3.05, 3.63) is 28.8 Å². The van der Waals surface area contributed by atoms with Crippen molar-refractivity contribution in [2.75, 3.05) is 45.7 Å². The highest BCUT2D eigenvalue weighted by Crippen LogP contribution is 2.24. The van der Waals surface area contributed by atoms with Gasteiger partial charge in [0.15, 0.2) is 0 Å². The van der Waals surface area contributed by atoms with E-state index in [1.807, 2.05) is 4.90 Å². The zero-order chi connectivity index (χ0) is 15.2. The number of benzene rings is 1. The van der Waals surface area contributed by atoms with Gasteiger partial charge in [0, 0.05) is 37.1 Å². The minimum Gasteiger partial charge on any atom is -0.496 e. The van der Waals surface area contributed by atoms with Crippen molar-refractivity contribution in [3.8, 4) is 5.75 Å². The van der Waals surface area contributed by atoms with Crippen LogP contribution >= 0.6 is 23.2 Å². The van der Waals surface area contributed by atoms with Crippen LogP contribution in [0, 0.1) is 0 Å². The van der Waals surface area contributed by atoms with Crippen LogP contribution in [0.15, 0.2) is 18.2 Å². The second-order valence-electron chi connectivity index (χ2n) is 5.02. The van der Waals surface area contributed by atoms with Crippen molar-refractivity contribution in [2.24, 2.45) is 0 Å². The summed E-state index contributed by atoms with van der Waals surface area (Å²) >= 11 is 11.7. The summed E-state index contributed by atoms with van der Waals surface area (Å²) < 4.78 is 5.27. The van der Waals surface area contributed by atoms with Gasteiger partial charge in [-0.05, 0) is 31.2 Å². The van der Waals surface area contributed by atoms with Gasteiger partial charge in [-0.15, -0.1) is 11.6 Å². The van der Waals surface area contributed by atoms with E-state index in [0.717, 1.165) is 32.6 Å². The van der Waals surface area contributed by atoms with Crippen LogP contribution in [0.25, 0.3) is 0 Å². The molecule has 0 radical (unpaired) electrons. The second kappa shape index (κ2) is 7.87. The zero-order valence-corrected chi connectivity index (χ0v) is 13.7. The first-order valence-corrected chi connectivity index (χ1v) is 7.98. The molecule has 1 aromatic rings. The normalized spacial score (nSPS) is 16.6. The maximum atomic E-state index is 12.7. The monoisotopic (exact) mass is 330 g/mol. The Bertz CT molecular complexity index is 497. The third-order valence-corrected chi connectivity index (χ3v) is 4.07. The highest BCUT2D eigenvalue weighted by atomic mass is 35.5. The van der Waals surface area contributed by atoms with Crippen LogP contribution in [0.2, 0.25) is 5.02 Å². The number of hydrogen-bond acceptors (Lipinski definition) is 3. The van der Waals surface area contributed by atoms with Gasteiger partial charge in [0.05, 0.1) is 12.7 Å². The molecule has 0 bridgehead atoms. The largest absolute Gasteiger partial charge is 0.496 e. The predicted molar refractivity (Wildman–Crippen MR) is 85.7 cm³/mol. The first-order valence-electron chi connectivity index (χ1n) is 7.07. The lowest BCUT2D eigenvalue weighted by Crippen LogP contribution is -2.35. The summed E-state index contributed by atoms with van der Waals surface area (Å²) in [5.74, 6) is 1.14. The van der Waals surface area contributed by atoms with E-state index in [9.17, 15) is 4.79 Å². The summed E-state index contributed by atoms with van der Waals surface area (Å²) in [7, 11) is 1.55. The van der Waals surface area contributed by atoms with Crippen molar-refractivity contribution < 1.29 is 9.53 Å². The number of amides is 1. The number of methoxy groups -OCH3 is 1. The fourth-order valence-corrected chi connectivity index (χ4v) is 2.93. The molecule has 0 aliphatic carbocycles.